The second-order valence-corrected chi connectivity index (χ2v) is 8.38. The lowest BCUT2D eigenvalue weighted by Crippen LogP contribution is -2.49. The van der Waals surface area contributed by atoms with Gasteiger partial charge < -0.3 is 19.9 Å². The van der Waals surface area contributed by atoms with Gasteiger partial charge in [0.05, 0.1) is 18.6 Å². The molecule has 1 amide bonds. The van der Waals surface area contributed by atoms with Crippen LogP contribution in [-0.4, -0.2) is 54.3 Å². The van der Waals surface area contributed by atoms with E-state index < -0.39 is 5.82 Å². The Balaban J connectivity index is 1.57. The summed E-state index contributed by atoms with van der Waals surface area (Å²) in [6, 6.07) is 5.18. The van der Waals surface area contributed by atoms with Gasteiger partial charge in [0, 0.05) is 38.0 Å². The third-order valence-corrected chi connectivity index (χ3v) is 6.55. The highest BCUT2D eigenvalue weighted by Crippen LogP contribution is 2.45. The topological polar surface area (TPSA) is 44.8 Å². The van der Waals surface area contributed by atoms with E-state index in [1.807, 2.05) is 11.1 Å². The molecule has 2 unspecified atom stereocenters. The third-order valence-electron chi connectivity index (χ3n) is 5.04. The molecule has 0 aliphatic carbocycles. The van der Waals surface area contributed by atoms with Crippen LogP contribution < -0.4 is 10.1 Å². The van der Waals surface area contributed by atoms with Gasteiger partial charge in [0.15, 0.2) is 11.6 Å². The Bertz CT molecular complexity index is 852. The fourth-order valence-electron chi connectivity index (χ4n) is 3.61. The zero-order valence-corrected chi connectivity index (χ0v) is 16.4. The van der Waals surface area contributed by atoms with Crippen molar-refractivity contribution in [1.82, 2.24) is 15.1 Å². The number of amides is 1. The molecule has 3 heterocycles. The van der Waals surface area contributed by atoms with Crippen LogP contribution in [0.4, 0.5) is 4.39 Å². The van der Waals surface area contributed by atoms with Crippen LogP contribution in [0, 0.1) is 5.82 Å². The van der Waals surface area contributed by atoms with E-state index in [9.17, 15) is 9.18 Å². The second kappa shape index (κ2) is 7.45. The zero-order valence-electron chi connectivity index (χ0n) is 15.4. The van der Waals surface area contributed by atoms with E-state index in [-0.39, 0.29) is 17.4 Å². The van der Waals surface area contributed by atoms with Crippen molar-refractivity contribution in [2.75, 3.05) is 26.7 Å². The molecule has 7 heteroatoms. The van der Waals surface area contributed by atoms with Crippen LogP contribution in [0.25, 0.3) is 5.31 Å². The number of carbonyl (C=O) groups excluding carboxylic acids is 1. The van der Waals surface area contributed by atoms with E-state index in [1.54, 1.807) is 18.2 Å². The van der Waals surface area contributed by atoms with Gasteiger partial charge in [-0.2, -0.15) is 0 Å². The quantitative estimate of drug-likeness (QED) is 0.811. The first-order valence-electron chi connectivity index (χ1n) is 9.08. The maximum atomic E-state index is 13.7. The number of rotatable bonds is 3. The van der Waals surface area contributed by atoms with Gasteiger partial charge in [-0.3, -0.25) is 4.79 Å². The zero-order chi connectivity index (χ0) is 19.0. The Morgan fingerprint density at radius 2 is 2.22 bits per heavy atom. The molecule has 1 aromatic carbocycles. The number of allylic oxidation sites excluding steroid dienone is 1. The molecule has 142 valence electrons. The molecular weight excluding hydrogens is 364 g/mol. The fraction of sp³-hybridized carbons (Fsp3) is 0.350. The lowest BCUT2D eigenvalue weighted by molar-refractivity contribution is -0.123. The summed E-state index contributed by atoms with van der Waals surface area (Å²) in [6.07, 6.45) is 7.85. The Hall–Kier alpha value is -2.17. The lowest BCUT2D eigenvalue weighted by Gasteiger charge is -2.39. The maximum absolute atomic E-state index is 13.7. The summed E-state index contributed by atoms with van der Waals surface area (Å²) < 4.78 is 18.8. The van der Waals surface area contributed by atoms with Gasteiger partial charge in [-0.15, -0.1) is 0 Å². The number of nitrogens with zero attached hydrogens (tertiary/aromatic N) is 2. The minimum Gasteiger partial charge on any atom is -0.494 e. The summed E-state index contributed by atoms with van der Waals surface area (Å²) >= 11 is 0. The van der Waals surface area contributed by atoms with Gasteiger partial charge in [-0.05, 0) is 36.0 Å². The smallest absolute Gasteiger partial charge is 0.252 e. The van der Waals surface area contributed by atoms with Crippen molar-refractivity contribution in [1.29, 1.82) is 0 Å². The van der Waals surface area contributed by atoms with Crippen LogP contribution in [0.3, 0.4) is 0 Å². The third kappa shape index (κ3) is 3.64. The molecule has 3 aliphatic rings. The summed E-state index contributed by atoms with van der Waals surface area (Å²) in [6.45, 7) is 4.98. The number of ether oxygens (including phenoxy) is 1. The van der Waals surface area contributed by atoms with Gasteiger partial charge in [-0.1, -0.05) is 20.7 Å². The average molecular weight is 387 g/mol. The average Bonchev–Trinajstić information content (AvgIpc) is 2.68. The van der Waals surface area contributed by atoms with Crippen LogP contribution in [-0.2, 0) is 4.79 Å². The van der Waals surface area contributed by atoms with Crippen LogP contribution in [0.5, 0.6) is 5.75 Å². The first-order valence-corrected chi connectivity index (χ1v) is 10.2. The molecule has 4 rings (SSSR count). The molecule has 0 spiro atoms. The van der Waals surface area contributed by atoms with E-state index >= 15 is 0 Å². The monoisotopic (exact) mass is 387 g/mol. The van der Waals surface area contributed by atoms with Crippen LogP contribution >= 0.6 is 8.58 Å². The Morgan fingerprint density at radius 1 is 1.37 bits per heavy atom. The van der Waals surface area contributed by atoms with Crippen LogP contribution in [0.15, 0.2) is 48.3 Å². The van der Waals surface area contributed by atoms with E-state index in [4.69, 9.17) is 4.74 Å². The summed E-state index contributed by atoms with van der Waals surface area (Å²) in [5.74, 6) is -0.230. The summed E-state index contributed by atoms with van der Waals surface area (Å²) in [7, 11) is 1.84. The molecule has 0 bridgehead atoms. The van der Waals surface area contributed by atoms with Crippen molar-refractivity contribution in [3.63, 3.8) is 0 Å². The number of benzene rings is 1. The molecular formula is C20H23FN3O2P. The number of halogens is 1. The Kier molecular flexibility index (Phi) is 5.02. The number of piperazine rings is 1. The number of hydrogen-bond acceptors (Lipinski definition) is 4. The maximum Gasteiger partial charge on any atom is 0.252 e. The highest BCUT2D eigenvalue weighted by atomic mass is 31.1. The molecule has 1 N–H and O–H groups in total. The first kappa shape index (κ1) is 18.2. The summed E-state index contributed by atoms with van der Waals surface area (Å²) in [5, 5.41) is 4.36. The number of carbonyl (C=O) groups is 1. The van der Waals surface area contributed by atoms with Crippen molar-refractivity contribution in [2.24, 2.45) is 0 Å². The minimum absolute atomic E-state index is 0.0117. The van der Waals surface area contributed by atoms with Gasteiger partial charge in [0.1, 0.15) is 0 Å². The standard InChI is InChI=1S/C20H23FN3O2P/c1-13-11-23(8-7-22-13)15-4-6-20-24(12-15)19(25)10-18(27-20)14-3-5-16(21)17(9-14)26-2/h3-6,9-10,12-13,20,22,27H,7-8,11H2,1-2H3/t13-,20?/m0/s1. The Morgan fingerprint density at radius 3 is 3.00 bits per heavy atom. The van der Waals surface area contributed by atoms with Crippen molar-refractivity contribution in [3.05, 3.63) is 59.7 Å². The summed E-state index contributed by atoms with van der Waals surface area (Å²) in [5.41, 5.74) is 1.91. The van der Waals surface area contributed by atoms with Gasteiger partial charge in [0.25, 0.3) is 5.91 Å². The number of nitrogens with one attached hydrogen (secondary N) is 1. The molecule has 3 aliphatic heterocycles. The number of hydrogen-bond donors (Lipinski definition) is 1. The Labute approximate surface area is 160 Å². The van der Waals surface area contributed by atoms with Crippen molar-refractivity contribution < 1.29 is 13.9 Å². The predicted octanol–water partition coefficient (Wildman–Crippen LogP) is 2.73. The highest BCUT2D eigenvalue weighted by Gasteiger charge is 2.30. The predicted molar refractivity (Wildman–Crippen MR) is 106 cm³/mol. The second-order valence-electron chi connectivity index (χ2n) is 6.96. The van der Waals surface area contributed by atoms with E-state index in [2.05, 4.69) is 29.3 Å². The van der Waals surface area contributed by atoms with Gasteiger partial charge in [0.2, 0.25) is 0 Å². The normalized spacial score (nSPS) is 26.0. The molecule has 5 nitrogen and oxygen atoms in total. The van der Waals surface area contributed by atoms with Crippen molar-refractivity contribution >= 4 is 19.8 Å². The largest absolute Gasteiger partial charge is 0.494 e. The molecule has 0 saturated carbocycles. The van der Waals surface area contributed by atoms with Crippen LogP contribution in [0.2, 0.25) is 0 Å². The fourth-order valence-corrected chi connectivity index (χ4v) is 4.99. The van der Waals surface area contributed by atoms with Gasteiger partial charge >= 0.3 is 0 Å². The molecule has 0 radical (unpaired) electrons. The van der Waals surface area contributed by atoms with Crippen molar-refractivity contribution in [2.45, 2.75) is 18.7 Å². The molecule has 1 saturated heterocycles. The van der Waals surface area contributed by atoms with Crippen LogP contribution in [0.1, 0.15) is 12.5 Å². The SMILES string of the molecule is COc1cc(C2=CC(=O)N3C=C(N4CCN[C@@H](C)C4)C=CC3P2)ccc1F. The molecule has 1 aromatic rings. The number of methoxy groups -OCH3 is 1. The highest BCUT2D eigenvalue weighted by molar-refractivity contribution is 7.51. The van der Waals surface area contributed by atoms with Gasteiger partial charge in [-0.25, -0.2) is 4.39 Å². The number of fused-ring (bicyclic) bond motifs is 1. The van der Waals surface area contributed by atoms with E-state index in [0.717, 1.165) is 36.2 Å². The minimum atomic E-state index is -0.399. The lowest BCUT2D eigenvalue weighted by atomic mass is 10.1. The molecule has 1 fully saturated rings. The summed E-state index contributed by atoms with van der Waals surface area (Å²) in [4.78, 5) is 16.9. The van der Waals surface area contributed by atoms with Crippen molar-refractivity contribution in [3.8, 4) is 5.75 Å². The molecule has 27 heavy (non-hydrogen) atoms. The molecule has 3 atom stereocenters. The molecule has 0 aromatic heterocycles. The van der Waals surface area contributed by atoms with E-state index in [1.165, 1.54) is 13.2 Å². The van der Waals surface area contributed by atoms with E-state index in [0.29, 0.717) is 14.6 Å². The first-order chi connectivity index (χ1) is 13.0.